The lowest BCUT2D eigenvalue weighted by Crippen LogP contribution is -2.22. The summed E-state index contributed by atoms with van der Waals surface area (Å²) in [6.45, 7) is 4.87. The molecule has 0 bridgehead atoms. The number of halogens is 1. The molecule has 18 heavy (non-hydrogen) atoms. The summed E-state index contributed by atoms with van der Waals surface area (Å²) in [4.78, 5) is 2.02. The summed E-state index contributed by atoms with van der Waals surface area (Å²) in [5, 5.41) is 9.72. The van der Waals surface area contributed by atoms with Gasteiger partial charge in [-0.25, -0.2) is 4.39 Å². The quantitative estimate of drug-likeness (QED) is 0.793. The van der Waals surface area contributed by atoms with E-state index in [1.165, 1.54) is 6.07 Å². The third-order valence-electron chi connectivity index (χ3n) is 3.01. The topological polar surface area (TPSA) is 32.7 Å². The maximum atomic E-state index is 13.5. The summed E-state index contributed by atoms with van der Waals surface area (Å²) in [7, 11) is 3.61. The van der Waals surface area contributed by atoms with Crippen molar-refractivity contribution in [2.75, 3.05) is 32.2 Å². The molecule has 0 spiro atoms. The molecule has 1 aromatic carbocycles. The monoisotopic (exact) mass is 255 g/mol. The molecule has 0 saturated heterocycles. The van der Waals surface area contributed by atoms with Gasteiger partial charge in [0.15, 0.2) is 0 Å². The molecular formula is C14H22FNO2. The fourth-order valence-corrected chi connectivity index (χ4v) is 1.91. The Labute approximate surface area is 108 Å². The highest BCUT2D eigenvalue weighted by atomic mass is 19.1. The number of hydrogen-bond donors (Lipinski definition) is 1. The summed E-state index contributed by atoms with van der Waals surface area (Å²) in [5.74, 6) is -0.278. The van der Waals surface area contributed by atoms with Gasteiger partial charge in [-0.2, -0.15) is 0 Å². The normalized spacial score (nSPS) is 12.6. The second-order valence-electron chi connectivity index (χ2n) is 4.60. The minimum Gasteiger partial charge on any atom is -0.389 e. The first kappa shape index (κ1) is 14.9. The molecule has 102 valence electrons. The van der Waals surface area contributed by atoms with Crippen molar-refractivity contribution in [2.24, 2.45) is 0 Å². The zero-order chi connectivity index (χ0) is 13.7. The molecule has 1 aromatic rings. The highest BCUT2D eigenvalue weighted by molar-refractivity contribution is 5.56. The smallest absolute Gasteiger partial charge is 0.126 e. The van der Waals surface area contributed by atoms with Crippen molar-refractivity contribution < 1.29 is 14.2 Å². The summed E-state index contributed by atoms with van der Waals surface area (Å²) in [6, 6.07) is 3.20. The van der Waals surface area contributed by atoms with Gasteiger partial charge in [0.05, 0.1) is 6.10 Å². The second-order valence-corrected chi connectivity index (χ2v) is 4.60. The van der Waals surface area contributed by atoms with Crippen LogP contribution in [0.5, 0.6) is 0 Å². The van der Waals surface area contributed by atoms with Crippen LogP contribution in [0.1, 0.15) is 30.6 Å². The predicted octanol–water partition coefficient (Wildman–Crippen LogP) is 2.66. The van der Waals surface area contributed by atoms with Crippen molar-refractivity contribution in [3.63, 3.8) is 0 Å². The number of benzene rings is 1. The molecule has 0 amide bonds. The zero-order valence-corrected chi connectivity index (χ0v) is 11.5. The highest BCUT2D eigenvalue weighted by Gasteiger charge is 2.14. The van der Waals surface area contributed by atoms with E-state index < -0.39 is 6.10 Å². The highest BCUT2D eigenvalue weighted by Crippen LogP contribution is 2.28. The van der Waals surface area contributed by atoms with E-state index in [0.29, 0.717) is 17.7 Å². The molecule has 0 aromatic heterocycles. The molecule has 0 saturated carbocycles. The van der Waals surface area contributed by atoms with Crippen LogP contribution in [-0.4, -0.2) is 32.4 Å². The van der Waals surface area contributed by atoms with Gasteiger partial charge in [-0.15, -0.1) is 0 Å². The van der Waals surface area contributed by atoms with E-state index in [-0.39, 0.29) is 5.82 Å². The Morgan fingerprint density at radius 1 is 1.44 bits per heavy atom. The Kier molecular flexibility index (Phi) is 5.56. The number of anilines is 1. The lowest BCUT2D eigenvalue weighted by atomic mass is 10.0. The zero-order valence-electron chi connectivity index (χ0n) is 11.5. The summed E-state index contributed by atoms with van der Waals surface area (Å²) in [5.41, 5.74) is 2.09. The van der Waals surface area contributed by atoms with E-state index in [2.05, 4.69) is 0 Å². The van der Waals surface area contributed by atoms with Crippen LogP contribution in [0, 0.1) is 12.7 Å². The first-order valence-corrected chi connectivity index (χ1v) is 6.15. The van der Waals surface area contributed by atoms with Crippen molar-refractivity contribution in [3.8, 4) is 0 Å². The average Bonchev–Trinajstić information content (AvgIpc) is 2.32. The van der Waals surface area contributed by atoms with Crippen LogP contribution >= 0.6 is 0 Å². The third kappa shape index (κ3) is 3.68. The Morgan fingerprint density at radius 2 is 2.11 bits per heavy atom. The molecule has 0 aliphatic heterocycles. The Bertz CT molecular complexity index is 394. The van der Waals surface area contributed by atoms with Gasteiger partial charge in [0.2, 0.25) is 0 Å². The first-order valence-electron chi connectivity index (χ1n) is 6.15. The van der Waals surface area contributed by atoms with Gasteiger partial charge in [0.1, 0.15) is 5.82 Å². The Balaban J connectivity index is 2.94. The Hall–Kier alpha value is -1.13. The van der Waals surface area contributed by atoms with Gasteiger partial charge in [0.25, 0.3) is 0 Å². The molecule has 0 unspecified atom stereocenters. The van der Waals surface area contributed by atoms with E-state index in [1.54, 1.807) is 27.0 Å². The minimum absolute atomic E-state index is 0.278. The van der Waals surface area contributed by atoms with Crippen molar-refractivity contribution in [1.29, 1.82) is 0 Å². The van der Waals surface area contributed by atoms with E-state index in [9.17, 15) is 9.50 Å². The summed E-state index contributed by atoms with van der Waals surface area (Å²) >= 11 is 0. The SMILES string of the molecule is COCCCN(C)c1cc(C)c(F)cc1[C@@H](C)O. The Morgan fingerprint density at radius 3 is 2.67 bits per heavy atom. The van der Waals surface area contributed by atoms with Crippen molar-refractivity contribution in [2.45, 2.75) is 26.4 Å². The van der Waals surface area contributed by atoms with Crippen LogP contribution < -0.4 is 4.90 Å². The predicted molar refractivity (Wildman–Crippen MR) is 71.5 cm³/mol. The van der Waals surface area contributed by atoms with Gasteiger partial charge in [-0.3, -0.25) is 0 Å². The van der Waals surface area contributed by atoms with Crippen LogP contribution in [0.2, 0.25) is 0 Å². The van der Waals surface area contributed by atoms with E-state index >= 15 is 0 Å². The van der Waals surface area contributed by atoms with Crippen LogP contribution in [-0.2, 0) is 4.74 Å². The van der Waals surface area contributed by atoms with Crippen molar-refractivity contribution >= 4 is 5.69 Å². The molecule has 0 radical (unpaired) electrons. The lowest BCUT2D eigenvalue weighted by molar-refractivity contribution is 0.195. The summed E-state index contributed by atoms with van der Waals surface area (Å²) < 4.78 is 18.6. The fraction of sp³-hybridized carbons (Fsp3) is 0.571. The number of aryl methyl sites for hydroxylation is 1. The maximum Gasteiger partial charge on any atom is 0.126 e. The molecule has 0 heterocycles. The number of ether oxygens (including phenoxy) is 1. The van der Waals surface area contributed by atoms with Crippen LogP contribution in [0.3, 0.4) is 0 Å². The van der Waals surface area contributed by atoms with Crippen LogP contribution in [0.4, 0.5) is 10.1 Å². The lowest BCUT2D eigenvalue weighted by Gasteiger charge is -2.24. The number of aliphatic hydroxyl groups is 1. The number of methoxy groups -OCH3 is 1. The van der Waals surface area contributed by atoms with Crippen molar-refractivity contribution in [1.82, 2.24) is 0 Å². The number of nitrogens with zero attached hydrogens (tertiary/aromatic N) is 1. The molecule has 0 aliphatic carbocycles. The van der Waals surface area contributed by atoms with Crippen LogP contribution in [0.25, 0.3) is 0 Å². The van der Waals surface area contributed by atoms with Gasteiger partial charge in [-0.1, -0.05) is 0 Å². The minimum atomic E-state index is -0.681. The molecule has 1 atom stereocenters. The second kappa shape index (κ2) is 6.71. The van der Waals surface area contributed by atoms with E-state index in [4.69, 9.17) is 4.74 Å². The van der Waals surface area contributed by atoms with Gasteiger partial charge >= 0.3 is 0 Å². The molecule has 1 N–H and O–H groups in total. The molecular weight excluding hydrogens is 233 g/mol. The maximum absolute atomic E-state index is 13.5. The van der Waals surface area contributed by atoms with E-state index in [0.717, 1.165) is 18.7 Å². The van der Waals surface area contributed by atoms with Gasteiger partial charge in [-0.05, 0) is 38.0 Å². The number of aliphatic hydroxyl groups excluding tert-OH is 1. The molecule has 4 heteroatoms. The van der Waals surface area contributed by atoms with Gasteiger partial charge in [0, 0.05) is 38.6 Å². The van der Waals surface area contributed by atoms with Crippen LogP contribution in [0.15, 0.2) is 12.1 Å². The number of hydrogen-bond acceptors (Lipinski definition) is 3. The van der Waals surface area contributed by atoms with E-state index in [1.807, 2.05) is 11.9 Å². The molecule has 0 aliphatic rings. The number of rotatable bonds is 6. The molecule has 3 nitrogen and oxygen atoms in total. The third-order valence-corrected chi connectivity index (χ3v) is 3.01. The molecule has 0 fully saturated rings. The van der Waals surface area contributed by atoms with Crippen molar-refractivity contribution in [3.05, 3.63) is 29.1 Å². The summed E-state index contributed by atoms with van der Waals surface area (Å²) in [6.07, 6.45) is 0.211. The fourth-order valence-electron chi connectivity index (χ4n) is 1.91. The standard InChI is InChI=1S/C14H22FNO2/c1-10-8-14(16(3)6-5-7-18-4)12(11(2)17)9-13(10)15/h8-9,11,17H,5-7H2,1-4H3/t11-/m1/s1. The first-order chi connectivity index (χ1) is 8.47. The molecule has 1 rings (SSSR count). The van der Waals surface area contributed by atoms with Gasteiger partial charge < -0.3 is 14.7 Å². The largest absolute Gasteiger partial charge is 0.389 e. The average molecular weight is 255 g/mol.